The predicted molar refractivity (Wildman–Crippen MR) is 283 cm³/mol. The van der Waals surface area contributed by atoms with Gasteiger partial charge in [0.1, 0.15) is 0 Å². The topological polar surface area (TPSA) is 36.9 Å². The van der Waals surface area contributed by atoms with Crippen LogP contribution < -0.4 is 18.9 Å². The van der Waals surface area contributed by atoms with Crippen molar-refractivity contribution < 1.29 is 18.9 Å². The first-order valence-electron chi connectivity index (χ1n) is 25.0. The SMILES string of the molecule is CCC(C)COc1cc2c(cc1OCCC(C)C)C1(c3cc(/C=C/c4ccc(C)cc4)ccc3-c3ccc(/C=C/c4ccc(C)cc4)cc31)c1cc(OCCC(C)C)c(OCC(C)CC)cc1-2. The van der Waals surface area contributed by atoms with E-state index in [1.165, 1.54) is 55.6 Å². The first-order chi connectivity index (χ1) is 32.4. The molecule has 0 saturated carbocycles. The second-order valence-electron chi connectivity index (χ2n) is 20.2. The highest BCUT2D eigenvalue weighted by Crippen LogP contribution is 2.65. The predicted octanol–water partition coefficient (Wildman–Crippen LogP) is 16.7. The van der Waals surface area contributed by atoms with Gasteiger partial charge in [0.15, 0.2) is 23.0 Å². The summed E-state index contributed by atoms with van der Waals surface area (Å²) in [7, 11) is 0. The maximum absolute atomic E-state index is 6.86. The third-order valence-electron chi connectivity index (χ3n) is 13.9. The maximum atomic E-state index is 6.86. The Bertz CT molecular complexity index is 2530. The highest BCUT2D eigenvalue weighted by molar-refractivity contribution is 5.97. The fourth-order valence-corrected chi connectivity index (χ4v) is 9.18. The van der Waals surface area contributed by atoms with Crippen LogP contribution in [0.15, 0.2) is 109 Å². The van der Waals surface area contributed by atoms with Crippen LogP contribution in [0.2, 0.25) is 0 Å². The van der Waals surface area contributed by atoms with E-state index in [0.717, 1.165) is 70.9 Å². The number of ether oxygens (including phenoxy) is 4. The van der Waals surface area contributed by atoms with Crippen LogP contribution in [0.1, 0.15) is 137 Å². The van der Waals surface area contributed by atoms with Gasteiger partial charge in [-0.15, -0.1) is 0 Å². The van der Waals surface area contributed by atoms with Crippen LogP contribution in [-0.2, 0) is 5.41 Å². The maximum Gasteiger partial charge on any atom is 0.161 e. The Morgan fingerprint density at radius 1 is 0.403 bits per heavy atom. The molecule has 348 valence electrons. The zero-order valence-corrected chi connectivity index (χ0v) is 41.8. The van der Waals surface area contributed by atoms with E-state index in [0.29, 0.717) is 50.1 Å². The molecule has 2 unspecified atom stereocenters. The van der Waals surface area contributed by atoms with Crippen LogP contribution in [0.3, 0.4) is 0 Å². The van der Waals surface area contributed by atoms with E-state index in [1.807, 2.05) is 0 Å². The Labute approximate surface area is 402 Å². The number of rotatable bonds is 20. The standard InChI is InChI=1S/C63H72O4/c1-11-43(7)39-66-59-35-53-54-36-60(67-40-44(8)12-2)62(65-32-30-42(5)6)38-58(54)63(57(53)37-61(59)64-31-29-41(3)4)55-33-49(23-21-47-17-13-45(9)14-18-47)25-27-51(55)52-28-26-50(34-56(52)63)24-22-48-19-15-46(10)16-20-48/h13-28,33-38,41-44H,11-12,29-32,39-40H2,1-10H3/b23-21+,24-22+. The normalized spacial score (nSPS) is 14.1. The molecule has 2 aliphatic rings. The lowest BCUT2D eigenvalue weighted by molar-refractivity contribution is 0.229. The molecule has 8 rings (SSSR count). The van der Waals surface area contributed by atoms with Gasteiger partial charge in [0, 0.05) is 0 Å². The minimum absolute atomic E-state index is 0.396. The van der Waals surface area contributed by atoms with Gasteiger partial charge in [-0.3, -0.25) is 0 Å². The van der Waals surface area contributed by atoms with Crippen molar-refractivity contribution in [3.05, 3.63) is 165 Å². The van der Waals surface area contributed by atoms with Crippen molar-refractivity contribution in [3.8, 4) is 45.3 Å². The zero-order valence-electron chi connectivity index (χ0n) is 41.8. The first-order valence-corrected chi connectivity index (χ1v) is 25.0. The fourth-order valence-electron chi connectivity index (χ4n) is 9.18. The number of fused-ring (bicyclic) bond motifs is 10. The molecule has 0 heterocycles. The van der Waals surface area contributed by atoms with Gasteiger partial charge in [0.2, 0.25) is 0 Å². The van der Waals surface area contributed by atoms with Gasteiger partial charge >= 0.3 is 0 Å². The van der Waals surface area contributed by atoms with Crippen LogP contribution in [-0.4, -0.2) is 26.4 Å². The van der Waals surface area contributed by atoms with E-state index in [-0.39, 0.29) is 0 Å². The Morgan fingerprint density at radius 2 is 0.746 bits per heavy atom. The van der Waals surface area contributed by atoms with E-state index in [9.17, 15) is 0 Å². The lowest BCUT2D eigenvalue weighted by atomic mass is 9.70. The lowest BCUT2D eigenvalue weighted by Crippen LogP contribution is -2.26. The molecule has 2 aliphatic carbocycles. The summed E-state index contributed by atoms with van der Waals surface area (Å²) < 4.78 is 27.3. The van der Waals surface area contributed by atoms with Crippen LogP contribution in [0, 0.1) is 37.5 Å². The molecular formula is C63H72O4. The van der Waals surface area contributed by atoms with Crippen LogP contribution in [0.5, 0.6) is 23.0 Å². The molecule has 4 nitrogen and oxygen atoms in total. The molecule has 0 aromatic heterocycles. The monoisotopic (exact) mass is 893 g/mol. The molecule has 6 aromatic carbocycles. The van der Waals surface area contributed by atoms with Crippen molar-refractivity contribution >= 4 is 24.3 Å². The molecule has 2 atom stereocenters. The van der Waals surface area contributed by atoms with Gasteiger partial charge in [0.25, 0.3) is 0 Å². The third kappa shape index (κ3) is 10.3. The summed E-state index contributed by atoms with van der Waals surface area (Å²) in [5.74, 6) is 4.95. The highest BCUT2D eigenvalue weighted by Gasteiger charge is 2.53. The summed E-state index contributed by atoms with van der Waals surface area (Å²) in [6.45, 7) is 24.7. The molecule has 6 aromatic rings. The van der Waals surface area contributed by atoms with Gasteiger partial charge in [-0.1, -0.05) is 176 Å². The Morgan fingerprint density at radius 3 is 1.12 bits per heavy atom. The molecule has 0 fully saturated rings. The molecule has 0 bridgehead atoms. The Balaban J connectivity index is 1.42. The van der Waals surface area contributed by atoms with Gasteiger partial charge < -0.3 is 18.9 Å². The third-order valence-corrected chi connectivity index (χ3v) is 13.9. The molecule has 0 N–H and O–H groups in total. The van der Waals surface area contributed by atoms with Crippen LogP contribution >= 0.6 is 0 Å². The number of hydrogen-bond acceptors (Lipinski definition) is 4. The number of hydrogen-bond donors (Lipinski definition) is 0. The molecule has 4 heteroatoms. The largest absolute Gasteiger partial charge is 0.490 e. The van der Waals surface area contributed by atoms with E-state index >= 15 is 0 Å². The minimum atomic E-state index is -0.715. The summed E-state index contributed by atoms with van der Waals surface area (Å²) in [6, 6.07) is 40.7. The number of aryl methyl sites for hydroxylation is 2. The van der Waals surface area contributed by atoms with Crippen molar-refractivity contribution in [2.75, 3.05) is 26.4 Å². The molecular weight excluding hydrogens is 821 g/mol. The lowest BCUT2D eigenvalue weighted by Gasteiger charge is -2.32. The molecule has 67 heavy (non-hydrogen) atoms. The van der Waals surface area contributed by atoms with E-state index < -0.39 is 5.41 Å². The first kappa shape index (κ1) is 47.5. The summed E-state index contributed by atoms with van der Waals surface area (Å²) in [4.78, 5) is 0. The van der Waals surface area contributed by atoms with Gasteiger partial charge in [-0.05, 0) is 154 Å². The van der Waals surface area contributed by atoms with E-state index in [1.54, 1.807) is 0 Å². The zero-order chi connectivity index (χ0) is 47.2. The summed E-state index contributed by atoms with van der Waals surface area (Å²) in [5, 5.41) is 0. The molecule has 0 amide bonds. The quantitative estimate of drug-likeness (QED) is 0.0715. The molecule has 0 saturated heterocycles. The van der Waals surface area contributed by atoms with E-state index in [2.05, 4.69) is 203 Å². The van der Waals surface area contributed by atoms with Crippen LogP contribution in [0.25, 0.3) is 46.6 Å². The smallest absolute Gasteiger partial charge is 0.161 e. The molecule has 1 spiro atoms. The number of benzene rings is 6. The van der Waals surface area contributed by atoms with Gasteiger partial charge in [-0.25, -0.2) is 0 Å². The average Bonchev–Trinajstić information content (AvgIpc) is 3.76. The summed E-state index contributed by atoms with van der Waals surface area (Å²) >= 11 is 0. The Hall–Kier alpha value is -6.00. The molecule has 0 radical (unpaired) electrons. The minimum Gasteiger partial charge on any atom is -0.490 e. The van der Waals surface area contributed by atoms with Crippen molar-refractivity contribution in [1.29, 1.82) is 0 Å². The van der Waals surface area contributed by atoms with Crippen molar-refractivity contribution in [2.45, 2.75) is 100 Å². The second-order valence-corrected chi connectivity index (χ2v) is 20.2. The van der Waals surface area contributed by atoms with Gasteiger partial charge in [-0.2, -0.15) is 0 Å². The highest BCUT2D eigenvalue weighted by atomic mass is 16.5. The molecule has 0 aliphatic heterocycles. The summed E-state index contributed by atoms with van der Waals surface area (Å²) in [6.07, 6.45) is 12.9. The van der Waals surface area contributed by atoms with Crippen molar-refractivity contribution in [1.82, 2.24) is 0 Å². The van der Waals surface area contributed by atoms with Gasteiger partial charge in [0.05, 0.1) is 31.8 Å². The average molecular weight is 893 g/mol. The van der Waals surface area contributed by atoms with Crippen molar-refractivity contribution in [2.24, 2.45) is 23.7 Å². The van der Waals surface area contributed by atoms with E-state index in [4.69, 9.17) is 18.9 Å². The van der Waals surface area contributed by atoms with Crippen LogP contribution in [0.4, 0.5) is 0 Å². The fraction of sp³-hybridized carbons (Fsp3) is 0.365. The second kappa shape index (κ2) is 20.9. The summed E-state index contributed by atoms with van der Waals surface area (Å²) in [5.41, 5.74) is 16.0. The Kier molecular flexibility index (Phi) is 14.8. The van der Waals surface area contributed by atoms with Crippen molar-refractivity contribution in [3.63, 3.8) is 0 Å².